The van der Waals surface area contributed by atoms with Crippen molar-refractivity contribution in [1.82, 2.24) is 10.2 Å². The summed E-state index contributed by atoms with van der Waals surface area (Å²) < 4.78 is 78.9. The Morgan fingerprint density at radius 1 is 0.914 bits per heavy atom. The van der Waals surface area contributed by atoms with Gasteiger partial charge in [0.05, 0.1) is 17.2 Å². The number of benzene rings is 2. The molecule has 0 radical (unpaired) electrons. The summed E-state index contributed by atoms with van der Waals surface area (Å²) in [5.74, 6) is -0.349. The Morgan fingerprint density at radius 3 is 1.83 bits per heavy atom. The van der Waals surface area contributed by atoms with E-state index in [9.17, 15) is 31.1 Å². The molecule has 0 unspecified atom stereocenters. The van der Waals surface area contributed by atoms with E-state index in [2.05, 4.69) is 10.6 Å². The fourth-order valence-corrected chi connectivity index (χ4v) is 3.56. The van der Waals surface area contributed by atoms with Crippen molar-refractivity contribution in [3.63, 3.8) is 0 Å². The fraction of sp³-hybridized carbons (Fsp3) is 0.417. The second-order valence-corrected chi connectivity index (χ2v) is 9.64. The van der Waals surface area contributed by atoms with Gasteiger partial charge in [0.2, 0.25) is 5.91 Å². The molecule has 2 aromatic carbocycles. The summed E-state index contributed by atoms with van der Waals surface area (Å²) in [6.07, 6.45) is -9.99. The highest BCUT2D eigenvalue weighted by atomic mass is 32.1. The molecule has 2 rings (SSSR count). The predicted molar refractivity (Wildman–Crippen MR) is 127 cm³/mol. The Bertz CT molecular complexity index is 1020. The lowest BCUT2D eigenvalue weighted by molar-refractivity contribution is -0.143. The van der Waals surface area contributed by atoms with Crippen LogP contribution in [0.15, 0.2) is 48.5 Å². The first kappa shape index (κ1) is 28.4. The van der Waals surface area contributed by atoms with Crippen LogP contribution in [-0.2, 0) is 17.1 Å². The molecule has 192 valence electrons. The highest BCUT2D eigenvalue weighted by Gasteiger charge is 2.38. The maximum absolute atomic E-state index is 13.3. The number of hydrogen-bond donors (Lipinski definition) is 2. The molecule has 0 aliphatic carbocycles. The zero-order valence-corrected chi connectivity index (χ0v) is 20.6. The van der Waals surface area contributed by atoms with Crippen LogP contribution in [0.2, 0.25) is 0 Å². The molecule has 35 heavy (non-hydrogen) atoms. The van der Waals surface area contributed by atoms with E-state index in [1.165, 1.54) is 4.90 Å². The highest BCUT2D eigenvalue weighted by molar-refractivity contribution is 7.80. The van der Waals surface area contributed by atoms with E-state index < -0.39 is 40.6 Å². The average molecular weight is 520 g/mol. The Kier molecular flexibility index (Phi) is 8.47. The van der Waals surface area contributed by atoms with Crippen LogP contribution in [0.1, 0.15) is 50.4 Å². The minimum atomic E-state index is -4.99. The minimum Gasteiger partial charge on any atom is -0.350 e. The largest absolute Gasteiger partial charge is 0.416 e. The molecule has 0 fully saturated rings. The quantitative estimate of drug-likeness (QED) is 0.343. The molecule has 0 aliphatic heterocycles. The zero-order valence-electron chi connectivity index (χ0n) is 19.8. The van der Waals surface area contributed by atoms with Crippen LogP contribution >= 0.6 is 12.2 Å². The van der Waals surface area contributed by atoms with Gasteiger partial charge < -0.3 is 15.5 Å². The third kappa shape index (κ3) is 7.58. The van der Waals surface area contributed by atoms with Crippen LogP contribution in [0.5, 0.6) is 0 Å². The number of halogens is 6. The van der Waals surface area contributed by atoms with Gasteiger partial charge in [0, 0.05) is 12.7 Å². The molecule has 2 aromatic rings. The van der Waals surface area contributed by atoms with Crippen molar-refractivity contribution in [1.29, 1.82) is 0 Å². The van der Waals surface area contributed by atoms with Gasteiger partial charge in [-0.25, -0.2) is 0 Å². The number of nitrogens with one attached hydrogen (secondary N) is 2. The number of likely N-dealkylation sites (N-methyl/N-ethyl adjacent to an activating group) is 1. The number of anilines is 1. The molecule has 0 saturated heterocycles. The van der Waals surface area contributed by atoms with E-state index in [1.807, 2.05) is 37.3 Å². The van der Waals surface area contributed by atoms with Crippen molar-refractivity contribution in [2.24, 2.45) is 5.41 Å². The van der Waals surface area contributed by atoms with Crippen molar-refractivity contribution < 1.29 is 31.1 Å². The summed E-state index contributed by atoms with van der Waals surface area (Å²) in [4.78, 5) is 14.8. The lowest BCUT2D eigenvalue weighted by Crippen LogP contribution is -2.55. The van der Waals surface area contributed by atoms with E-state index in [-0.39, 0.29) is 23.1 Å². The number of amides is 1. The summed E-state index contributed by atoms with van der Waals surface area (Å²) in [7, 11) is 1.61. The molecule has 0 saturated carbocycles. The highest BCUT2D eigenvalue weighted by Crippen LogP contribution is 2.37. The predicted octanol–water partition coefficient (Wildman–Crippen LogP) is 6.64. The summed E-state index contributed by atoms with van der Waals surface area (Å²) >= 11 is 5.16. The van der Waals surface area contributed by atoms with Gasteiger partial charge in [-0.15, -0.1) is 0 Å². The first-order valence-corrected chi connectivity index (χ1v) is 11.0. The third-order valence-corrected chi connectivity index (χ3v) is 5.66. The van der Waals surface area contributed by atoms with Crippen molar-refractivity contribution >= 4 is 28.9 Å². The number of rotatable bonds is 5. The second-order valence-electron chi connectivity index (χ2n) is 9.23. The summed E-state index contributed by atoms with van der Waals surface area (Å²) in [5, 5.41) is 4.86. The van der Waals surface area contributed by atoms with Gasteiger partial charge >= 0.3 is 12.4 Å². The molecule has 4 nitrogen and oxygen atoms in total. The smallest absolute Gasteiger partial charge is 0.350 e. The van der Waals surface area contributed by atoms with Crippen molar-refractivity contribution in [3.05, 3.63) is 65.2 Å². The standard InChI is InChI=1S/C24H27F6N3OS/c1-14(15-9-7-6-8-10-15)33(5)20(34)19(22(2,3)4)32-21(35)31-18-12-16(23(25,26)27)11-17(13-18)24(28,29)30/h6-14,19H,1-5H3,(H2,31,32,35)/t14-,19+/m0/s1. The van der Waals surface area contributed by atoms with Crippen LogP contribution in [0.4, 0.5) is 32.0 Å². The zero-order chi connectivity index (χ0) is 26.8. The topological polar surface area (TPSA) is 44.4 Å². The Balaban J connectivity index is 2.29. The molecule has 0 aromatic heterocycles. The third-order valence-electron chi connectivity index (χ3n) is 5.44. The van der Waals surface area contributed by atoms with Crippen molar-refractivity contribution in [2.75, 3.05) is 12.4 Å². The normalized spacial score (nSPS) is 14.1. The maximum atomic E-state index is 13.3. The Morgan fingerprint density at radius 2 is 1.40 bits per heavy atom. The van der Waals surface area contributed by atoms with E-state index in [4.69, 9.17) is 12.2 Å². The molecule has 2 atom stereocenters. The minimum absolute atomic E-state index is 0.0308. The number of thiocarbonyl (C=S) groups is 1. The summed E-state index contributed by atoms with van der Waals surface area (Å²) in [6, 6.07) is 9.13. The summed E-state index contributed by atoms with van der Waals surface area (Å²) in [6.45, 7) is 7.12. The molecule has 1 amide bonds. The summed E-state index contributed by atoms with van der Waals surface area (Å²) in [5.41, 5.74) is -3.26. The molecule has 0 spiro atoms. The molecule has 11 heteroatoms. The first-order chi connectivity index (χ1) is 15.9. The molecule has 0 aliphatic rings. The second kappa shape index (κ2) is 10.4. The first-order valence-electron chi connectivity index (χ1n) is 10.6. The van der Waals surface area contributed by atoms with E-state index in [1.54, 1.807) is 27.8 Å². The lowest BCUT2D eigenvalue weighted by atomic mass is 9.85. The SMILES string of the molecule is C[C@@H](c1ccccc1)N(C)C(=O)[C@@H](NC(=S)Nc1cc(C(F)(F)F)cc(C(F)(F)F)c1)C(C)(C)C. The molecule has 2 N–H and O–H groups in total. The Hall–Kier alpha value is -2.82. The van der Waals surface area contributed by atoms with Gasteiger partial charge in [-0.05, 0) is 48.3 Å². The van der Waals surface area contributed by atoms with Crippen LogP contribution in [0, 0.1) is 5.41 Å². The fourth-order valence-electron chi connectivity index (χ4n) is 3.32. The van der Waals surface area contributed by atoms with Gasteiger partial charge in [0.25, 0.3) is 0 Å². The van der Waals surface area contributed by atoms with E-state index in [0.717, 1.165) is 5.56 Å². The van der Waals surface area contributed by atoms with E-state index >= 15 is 0 Å². The van der Waals surface area contributed by atoms with Gasteiger partial charge in [0.15, 0.2) is 5.11 Å². The van der Waals surface area contributed by atoms with Gasteiger partial charge in [-0.2, -0.15) is 26.3 Å². The lowest BCUT2D eigenvalue weighted by Gasteiger charge is -2.36. The maximum Gasteiger partial charge on any atom is 0.416 e. The monoisotopic (exact) mass is 519 g/mol. The molecule has 0 heterocycles. The molecule has 0 bridgehead atoms. The van der Waals surface area contributed by atoms with Gasteiger partial charge in [0.1, 0.15) is 6.04 Å². The van der Waals surface area contributed by atoms with Gasteiger partial charge in [-0.3, -0.25) is 4.79 Å². The van der Waals surface area contributed by atoms with Crippen LogP contribution in [0.25, 0.3) is 0 Å². The number of carbonyl (C=O) groups is 1. The van der Waals surface area contributed by atoms with Gasteiger partial charge in [-0.1, -0.05) is 51.1 Å². The van der Waals surface area contributed by atoms with Crippen molar-refractivity contribution in [3.8, 4) is 0 Å². The number of alkyl halides is 6. The molecular weight excluding hydrogens is 492 g/mol. The van der Waals surface area contributed by atoms with Crippen LogP contribution in [0.3, 0.4) is 0 Å². The molecular formula is C24H27F6N3OS. The number of nitrogens with zero attached hydrogens (tertiary/aromatic N) is 1. The number of carbonyl (C=O) groups excluding carboxylic acids is 1. The number of hydrogen-bond acceptors (Lipinski definition) is 2. The average Bonchev–Trinajstić information content (AvgIpc) is 2.74. The van der Waals surface area contributed by atoms with E-state index in [0.29, 0.717) is 12.1 Å². The van der Waals surface area contributed by atoms with Crippen LogP contribution in [-0.4, -0.2) is 29.0 Å². The van der Waals surface area contributed by atoms with Crippen LogP contribution < -0.4 is 10.6 Å². The van der Waals surface area contributed by atoms with Crippen molar-refractivity contribution in [2.45, 2.75) is 52.1 Å². The Labute approximate surface area is 205 Å².